The highest BCUT2D eigenvalue weighted by Gasteiger charge is 2.29. The molecule has 0 saturated carbocycles. The minimum Gasteiger partial charge on any atom is -0.395 e. The van der Waals surface area contributed by atoms with Crippen LogP contribution in [0.1, 0.15) is 19.5 Å². The van der Waals surface area contributed by atoms with E-state index >= 15 is 0 Å². The first-order valence-electron chi connectivity index (χ1n) is 6.53. The van der Waals surface area contributed by atoms with Crippen LogP contribution in [0.15, 0.2) is 12.3 Å². The number of hydrogen-bond acceptors (Lipinski definition) is 5. The molecule has 0 aliphatic carbocycles. The lowest BCUT2D eigenvalue weighted by molar-refractivity contribution is 0.102. The van der Waals surface area contributed by atoms with E-state index in [1.54, 1.807) is 0 Å². The molecule has 18 heavy (non-hydrogen) atoms. The molecule has 1 aromatic rings. The van der Waals surface area contributed by atoms with E-state index in [1.165, 1.54) is 0 Å². The summed E-state index contributed by atoms with van der Waals surface area (Å²) in [6.07, 6.45) is 1.81. The molecular formula is C13H22N4O. The topological polar surface area (TPSA) is 52.5 Å². The quantitative estimate of drug-likeness (QED) is 0.855. The van der Waals surface area contributed by atoms with E-state index in [-0.39, 0.29) is 6.61 Å². The Kier molecular flexibility index (Phi) is 4.14. The van der Waals surface area contributed by atoms with Gasteiger partial charge in [0.05, 0.1) is 6.61 Å². The first-order valence-corrected chi connectivity index (χ1v) is 6.53. The van der Waals surface area contributed by atoms with Crippen molar-refractivity contribution in [1.29, 1.82) is 0 Å². The van der Waals surface area contributed by atoms with Crippen LogP contribution in [0.3, 0.4) is 0 Å². The summed E-state index contributed by atoms with van der Waals surface area (Å²) in [7, 11) is 0. The van der Waals surface area contributed by atoms with Gasteiger partial charge in [0.1, 0.15) is 0 Å². The first kappa shape index (κ1) is 13.2. The van der Waals surface area contributed by atoms with E-state index in [2.05, 4.69) is 33.6 Å². The van der Waals surface area contributed by atoms with E-state index < -0.39 is 0 Å². The van der Waals surface area contributed by atoms with Gasteiger partial charge in [0.25, 0.3) is 0 Å². The summed E-state index contributed by atoms with van der Waals surface area (Å²) in [4.78, 5) is 13.4. The summed E-state index contributed by atoms with van der Waals surface area (Å²) in [6, 6.07) is 2.73. The Morgan fingerprint density at radius 1 is 1.33 bits per heavy atom. The third kappa shape index (κ3) is 2.79. The maximum Gasteiger partial charge on any atom is 0.225 e. The molecule has 2 rings (SSSR count). The SMILES string of the molecule is Cc1ccnc(N2C[C@@H](C)N(CCO)[C@@H](C)C2)n1. The fraction of sp³-hybridized carbons (Fsp3) is 0.692. The van der Waals surface area contributed by atoms with Crippen LogP contribution in [-0.4, -0.2) is 58.3 Å². The first-order chi connectivity index (χ1) is 8.61. The lowest BCUT2D eigenvalue weighted by Crippen LogP contribution is -2.57. The molecule has 2 heterocycles. The smallest absolute Gasteiger partial charge is 0.225 e. The summed E-state index contributed by atoms with van der Waals surface area (Å²) in [5.74, 6) is 0.817. The van der Waals surface area contributed by atoms with E-state index in [4.69, 9.17) is 5.11 Å². The van der Waals surface area contributed by atoms with Crippen LogP contribution in [0.2, 0.25) is 0 Å². The molecular weight excluding hydrogens is 228 g/mol. The number of aliphatic hydroxyl groups is 1. The number of rotatable bonds is 3. The van der Waals surface area contributed by atoms with Crippen molar-refractivity contribution in [3.05, 3.63) is 18.0 Å². The summed E-state index contributed by atoms with van der Waals surface area (Å²) >= 11 is 0. The molecule has 0 aromatic carbocycles. The molecule has 5 heteroatoms. The molecule has 1 aromatic heterocycles. The summed E-state index contributed by atoms with van der Waals surface area (Å²) in [5.41, 5.74) is 0.998. The Hall–Kier alpha value is -1.20. The molecule has 0 amide bonds. The number of nitrogens with zero attached hydrogens (tertiary/aromatic N) is 4. The Bertz CT molecular complexity index is 386. The van der Waals surface area contributed by atoms with Gasteiger partial charge in [-0.05, 0) is 26.8 Å². The van der Waals surface area contributed by atoms with Crippen molar-refractivity contribution < 1.29 is 5.11 Å². The molecule has 1 N–H and O–H groups in total. The second-order valence-electron chi connectivity index (χ2n) is 5.06. The second kappa shape index (κ2) is 5.63. The fourth-order valence-corrected chi connectivity index (χ4v) is 2.66. The van der Waals surface area contributed by atoms with Crippen molar-refractivity contribution in [2.75, 3.05) is 31.1 Å². The molecule has 2 atom stereocenters. The number of piperazine rings is 1. The maximum atomic E-state index is 9.09. The van der Waals surface area contributed by atoms with E-state index in [9.17, 15) is 0 Å². The third-order valence-electron chi connectivity index (χ3n) is 3.52. The second-order valence-corrected chi connectivity index (χ2v) is 5.06. The highest BCUT2D eigenvalue weighted by Crippen LogP contribution is 2.19. The summed E-state index contributed by atoms with van der Waals surface area (Å²) < 4.78 is 0. The molecule has 1 fully saturated rings. The van der Waals surface area contributed by atoms with Crippen molar-refractivity contribution in [2.45, 2.75) is 32.9 Å². The van der Waals surface area contributed by atoms with E-state index in [0.717, 1.165) is 31.3 Å². The predicted molar refractivity (Wildman–Crippen MR) is 71.7 cm³/mol. The Morgan fingerprint density at radius 2 is 2.00 bits per heavy atom. The van der Waals surface area contributed by atoms with Crippen molar-refractivity contribution >= 4 is 5.95 Å². The van der Waals surface area contributed by atoms with Crippen molar-refractivity contribution in [1.82, 2.24) is 14.9 Å². The van der Waals surface area contributed by atoms with Crippen molar-refractivity contribution in [2.24, 2.45) is 0 Å². The van der Waals surface area contributed by atoms with Gasteiger partial charge in [0.15, 0.2) is 0 Å². The zero-order chi connectivity index (χ0) is 13.1. The van der Waals surface area contributed by atoms with Crippen LogP contribution in [0.25, 0.3) is 0 Å². The number of aliphatic hydroxyl groups excluding tert-OH is 1. The van der Waals surface area contributed by atoms with Crippen LogP contribution in [0, 0.1) is 6.92 Å². The number of anilines is 1. The van der Waals surface area contributed by atoms with Gasteiger partial charge >= 0.3 is 0 Å². The van der Waals surface area contributed by atoms with Crippen molar-refractivity contribution in [3.63, 3.8) is 0 Å². The van der Waals surface area contributed by atoms with Crippen LogP contribution in [0.4, 0.5) is 5.95 Å². The van der Waals surface area contributed by atoms with Crippen LogP contribution < -0.4 is 4.90 Å². The Labute approximate surface area is 108 Å². The third-order valence-corrected chi connectivity index (χ3v) is 3.52. The molecule has 1 aliphatic heterocycles. The summed E-state index contributed by atoms with van der Waals surface area (Å²) in [5, 5.41) is 9.09. The number of aryl methyl sites for hydroxylation is 1. The molecule has 0 bridgehead atoms. The van der Waals surface area contributed by atoms with Crippen LogP contribution in [0.5, 0.6) is 0 Å². The van der Waals surface area contributed by atoms with Gasteiger partial charge in [0, 0.05) is 43.6 Å². The lowest BCUT2D eigenvalue weighted by Gasteiger charge is -2.44. The van der Waals surface area contributed by atoms with Crippen LogP contribution in [-0.2, 0) is 0 Å². The number of hydrogen-bond donors (Lipinski definition) is 1. The van der Waals surface area contributed by atoms with Crippen LogP contribution >= 0.6 is 0 Å². The molecule has 5 nitrogen and oxygen atoms in total. The molecule has 1 saturated heterocycles. The standard InChI is InChI=1S/C13H22N4O/c1-10-4-5-14-13(15-10)16-8-11(2)17(6-7-18)12(3)9-16/h4-5,11-12,18H,6-9H2,1-3H3/t11-,12+. The van der Waals surface area contributed by atoms with Gasteiger partial charge in [0.2, 0.25) is 5.95 Å². The highest BCUT2D eigenvalue weighted by atomic mass is 16.3. The minimum absolute atomic E-state index is 0.218. The van der Waals surface area contributed by atoms with Crippen molar-refractivity contribution in [3.8, 4) is 0 Å². The van der Waals surface area contributed by atoms with Gasteiger partial charge in [-0.25, -0.2) is 9.97 Å². The van der Waals surface area contributed by atoms with Gasteiger partial charge in [-0.2, -0.15) is 0 Å². The average Bonchev–Trinajstić information content (AvgIpc) is 2.33. The predicted octanol–water partition coefficient (Wildman–Crippen LogP) is 0.676. The highest BCUT2D eigenvalue weighted by molar-refractivity contribution is 5.32. The van der Waals surface area contributed by atoms with Gasteiger partial charge < -0.3 is 10.0 Å². The Morgan fingerprint density at radius 3 is 2.56 bits per heavy atom. The minimum atomic E-state index is 0.218. The van der Waals surface area contributed by atoms with Gasteiger partial charge in [-0.15, -0.1) is 0 Å². The number of aromatic nitrogens is 2. The molecule has 0 spiro atoms. The monoisotopic (exact) mass is 250 g/mol. The lowest BCUT2D eigenvalue weighted by atomic mass is 10.1. The molecule has 1 aliphatic rings. The molecule has 0 unspecified atom stereocenters. The van der Waals surface area contributed by atoms with E-state index in [1.807, 2.05) is 19.2 Å². The Balaban J connectivity index is 2.10. The van der Waals surface area contributed by atoms with Gasteiger partial charge in [-0.1, -0.05) is 0 Å². The van der Waals surface area contributed by atoms with Gasteiger partial charge in [-0.3, -0.25) is 4.90 Å². The summed E-state index contributed by atoms with van der Waals surface area (Å²) in [6.45, 7) is 9.14. The zero-order valence-electron chi connectivity index (χ0n) is 11.4. The maximum absolute atomic E-state index is 9.09. The molecule has 0 radical (unpaired) electrons. The number of β-amino-alcohol motifs (C(OH)–C–C–N with tert-alkyl or cyclic N) is 1. The normalized spacial score (nSPS) is 25.4. The van der Waals surface area contributed by atoms with E-state index in [0.29, 0.717) is 12.1 Å². The average molecular weight is 250 g/mol. The molecule has 100 valence electrons. The largest absolute Gasteiger partial charge is 0.395 e. The zero-order valence-corrected chi connectivity index (χ0v) is 11.4. The fourth-order valence-electron chi connectivity index (χ4n) is 2.66.